The monoisotopic (exact) mass is 325 g/mol. The van der Waals surface area contributed by atoms with E-state index in [-0.39, 0.29) is 18.1 Å². The fourth-order valence-corrected chi connectivity index (χ4v) is 4.08. The average molecular weight is 325 g/mol. The molecule has 2 atom stereocenters. The Balaban J connectivity index is 1.68. The van der Waals surface area contributed by atoms with Gasteiger partial charge in [0.1, 0.15) is 5.78 Å². The molecule has 0 aliphatic carbocycles. The lowest BCUT2D eigenvalue weighted by Crippen LogP contribution is -2.51. The highest BCUT2D eigenvalue weighted by molar-refractivity contribution is 5.83. The summed E-state index contributed by atoms with van der Waals surface area (Å²) in [4.78, 5) is 15.0. The second-order valence-corrected chi connectivity index (χ2v) is 6.91. The average Bonchev–Trinajstić information content (AvgIpc) is 2.46. The number of piperidine rings is 2. The lowest BCUT2D eigenvalue weighted by atomic mass is 9.76. The van der Waals surface area contributed by atoms with E-state index in [2.05, 4.69) is 11.9 Å². The molecule has 3 rings (SSSR count). The van der Waals surface area contributed by atoms with E-state index in [1.54, 1.807) is 6.07 Å². The van der Waals surface area contributed by atoms with E-state index in [9.17, 15) is 18.0 Å². The molecule has 2 heterocycles. The van der Waals surface area contributed by atoms with Gasteiger partial charge < -0.3 is 4.90 Å². The molecule has 2 bridgehead atoms. The van der Waals surface area contributed by atoms with E-state index in [0.717, 1.165) is 37.8 Å². The van der Waals surface area contributed by atoms with Crippen LogP contribution in [0.2, 0.25) is 0 Å². The van der Waals surface area contributed by atoms with Gasteiger partial charge >= 0.3 is 6.18 Å². The van der Waals surface area contributed by atoms with Gasteiger partial charge in [-0.2, -0.15) is 13.2 Å². The maximum atomic E-state index is 12.8. The zero-order valence-corrected chi connectivity index (χ0v) is 13.3. The van der Waals surface area contributed by atoms with Gasteiger partial charge in [0.15, 0.2) is 0 Å². The summed E-state index contributed by atoms with van der Waals surface area (Å²) in [5.74, 6) is 0.0883. The number of rotatable bonds is 3. The van der Waals surface area contributed by atoms with Crippen molar-refractivity contribution in [3.63, 3.8) is 0 Å². The summed E-state index contributed by atoms with van der Waals surface area (Å²) in [6.07, 6.45) is 0.922. The maximum absolute atomic E-state index is 12.8. The minimum atomic E-state index is -4.36. The summed E-state index contributed by atoms with van der Waals surface area (Å²) < 4.78 is 38.3. The Hall–Kier alpha value is -1.36. The van der Waals surface area contributed by atoms with Crippen molar-refractivity contribution in [1.29, 1.82) is 0 Å². The van der Waals surface area contributed by atoms with Gasteiger partial charge in [-0.3, -0.25) is 4.79 Å². The molecule has 0 N–H and O–H groups in total. The molecule has 2 aliphatic heterocycles. The van der Waals surface area contributed by atoms with Gasteiger partial charge in [-0.05, 0) is 44.4 Å². The van der Waals surface area contributed by atoms with Gasteiger partial charge in [0, 0.05) is 24.4 Å². The summed E-state index contributed by atoms with van der Waals surface area (Å²) in [5.41, 5.74) is -0.211. The maximum Gasteiger partial charge on any atom is 0.416 e. The number of Topliss-reactive ketones (excluding diaryl/α,β-unsaturated/α-hetero) is 1. The van der Waals surface area contributed by atoms with E-state index in [1.807, 2.05) is 0 Å². The topological polar surface area (TPSA) is 20.3 Å². The fourth-order valence-electron chi connectivity index (χ4n) is 4.08. The van der Waals surface area contributed by atoms with E-state index in [0.29, 0.717) is 17.6 Å². The first-order chi connectivity index (χ1) is 10.8. The molecule has 0 spiro atoms. The van der Waals surface area contributed by atoms with Crippen molar-refractivity contribution in [3.05, 3.63) is 35.4 Å². The highest BCUT2D eigenvalue weighted by Gasteiger charge is 2.38. The van der Waals surface area contributed by atoms with Crippen LogP contribution in [0.5, 0.6) is 0 Å². The molecule has 0 radical (unpaired) electrons. The van der Waals surface area contributed by atoms with Crippen LogP contribution >= 0.6 is 0 Å². The quantitative estimate of drug-likeness (QED) is 0.834. The largest absolute Gasteiger partial charge is 0.416 e. The highest BCUT2D eigenvalue weighted by atomic mass is 19.4. The number of hydrogen-bond acceptors (Lipinski definition) is 2. The number of hydrogen-bond donors (Lipinski definition) is 0. The van der Waals surface area contributed by atoms with Gasteiger partial charge in [-0.15, -0.1) is 0 Å². The third kappa shape index (κ3) is 3.60. The van der Waals surface area contributed by atoms with Gasteiger partial charge in [-0.1, -0.05) is 24.6 Å². The number of halogens is 3. The zero-order valence-electron chi connectivity index (χ0n) is 13.3. The molecule has 0 amide bonds. The molecule has 0 aromatic heterocycles. The number of ketones is 1. The SMILES string of the molecule is CN1C2CCCC1CC(C(=O)Cc1cccc(C(F)(F)F)c1)C2. The van der Waals surface area contributed by atoms with E-state index in [4.69, 9.17) is 0 Å². The Morgan fingerprint density at radius 1 is 1.22 bits per heavy atom. The predicted octanol–water partition coefficient (Wildman–Crippen LogP) is 4.08. The molecule has 23 heavy (non-hydrogen) atoms. The second-order valence-electron chi connectivity index (χ2n) is 6.91. The first-order valence-corrected chi connectivity index (χ1v) is 8.25. The third-order valence-electron chi connectivity index (χ3n) is 5.43. The molecular formula is C18H22F3NO. The van der Waals surface area contributed by atoms with Crippen molar-refractivity contribution in [2.45, 2.75) is 56.8 Å². The first kappa shape index (κ1) is 16.5. The fraction of sp³-hybridized carbons (Fsp3) is 0.611. The van der Waals surface area contributed by atoms with E-state index >= 15 is 0 Å². The van der Waals surface area contributed by atoms with Crippen molar-refractivity contribution in [1.82, 2.24) is 4.90 Å². The highest BCUT2D eigenvalue weighted by Crippen LogP contribution is 2.37. The van der Waals surface area contributed by atoms with Crippen LogP contribution in [0.4, 0.5) is 13.2 Å². The van der Waals surface area contributed by atoms with Crippen molar-refractivity contribution in [3.8, 4) is 0 Å². The lowest BCUT2D eigenvalue weighted by molar-refractivity contribution is -0.137. The van der Waals surface area contributed by atoms with Crippen molar-refractivity contribution < 1.29 is 18.0 Å². The van der Waals surface area contributed by atoms with Crippen LogP contribution in [0.3, 0.4) is 0 Å². The standard InChI is InChI=1S/C18H22F3NO/c1-22-15-6-3-7-16(22)11-13(10-15)17(23)9-12-4-2-5-14(8-12)18(19,20)21/h2,4-5,8,13,15-16H,3,6-7,9-11H2,1H3. The van der Waals surface area contributed by atoms with E-state index in [1.165, 1.54) is 12.5 Å². The second kappa shape index (κ2) is 6.27. The Labute approximate surface area is 134 Å². The van der Waals surface area contributed by atoms with Gasteiger partial charge in [-0.25, -0.2) is 0 Å². The Kier molecular flexibility index (Phi) is 4.50. The van der Waals surface area contributed by atoms with E-state index < -0.39 is 11.7 Å². The summed E-state index contributed by atoms with van der Waals surface area (Å²) >= 11 is 0. The summed E-state index contributed by atoms with van der Waals surface area (Å²) in [7, 11) is 2.13. The first-order valence-electron chi connectivity index (χ1n) is 8.25. The number of carbonyl (C=O) groups excluding carboxylic acids is 1. The molecule has 5 heteroatoms. The summed E-state index contributed by atoms with van der Waals surface area (Å²) in [6.45, 7) is 0. The number of alkyl halides is 3. The number of carbonyl (C=O) groups is 1. The van der Waals surface area contributed by atoms with Crippen LogP contribution in [-0.4, -0.2) is 29.8 Å². The third-order valence-corrected chi connectivity index (χ3v) is 5.43. The summed E-state index contributed by atoms with van der Waals surface area (Å²) in [6, 6.07) is 6.07. The Bertz CT molecular complexity index is 570. The van der Waals surface area contributed by atoms with Gasteiger partial charge in [0.2, 0.25) is 0 Å². The Morgan fingerprint density at radius 2 is 1.87 bits per heavy atom. The van der Waals surface area contributed by atoms with Gasteiger partial charge in [0.05, 0.1) is 5.56 Å². The minimum Gasteiger partial charge on any atom is -0.300 e. The lowest BCUT2D eigenvalue weighted by Gasteiger charge is -2.46. The predicted molar refractivity (Wildman–Crippen MR) is 82.1 cm³/mol. The summed E-state index contributed by atoms with van der Waals surface area (Å²) in [5, 5.41) is 0. The van der Waals surface area contributed by atoms with Crippen LogP contribution in [0, 0.1) is 5.92 Å². The molecule has 0 saturated carbocycles. The molecule has 2 unspecified atom stereocenters. The molecule has 2 nitrogen and oxygen atoms in total. The van der Waals surface area contributed by atoms with Crippen LogP contribution in [0.1, 0.15) is 43.2 Å². The van der Waals surface area contributed by atoms with Gasteiger partial charge in [0.25, 0.3) is 0 Å². The van der Waals surface area contributed by atoms with Crippen LogP contribution in [0.15, 0.2) is 24.3 Å². The van der Waals surface area contributed by atoms with Crippen molar-refractivity contribution in [2.75, 3.05) is 7.05 Å². The minimum absolute atomic E-state index is 0.00366. The zero-order chi connectivity index (χ0) is 16.6. The molecule has 2 saturated heterocycles. The molecule has 1 aromatic rings. The normalized spacial score (nSPS) is 28.6. The number of benzene rings is 1. The van der Waals surface area contributed by atoms with Crippen molar-refractivity contribution in [2.24, 2.45) is 5.92 Å². The van der Waals surface area contributed by atoms with Crippen LogP contribution < -0.4 is 0 Å². The molecule has 2 fully saturated rings. The van der Waals surface area contributed by atoms with Crippen LogP contribution in [0.25, 0.3) is 0 Å². The molecule has 2 aliphatic rings. The number of fused-ring (bicyclic) bond motifs is 2. The smallest absolute Gasteiger partial charge is 0.300 e. The number of nitrogens with zero attached hydrogens (tertiary/aromatic N) is 1. The molecule has 126 valence electrons. The Morgan fingerprint density at radius 3 is 2.48 bits per heavy atom. The van der Waals surface area contributed by atoms with Crippen molar-refractivity contribution >= 4 is 5.78 Å². The van der Waals surface area contributed by atoms with Crippen LogP contribution in [-0.2, 0) is 17.4 Å². The molecular weight excluding hydrogens is 303 g/mol. The molecule has 1 aromatic carbocycles.